The number of phenolic OH excluding ortho intramolecular Hbond substituents is 1. The molecule has 2 heteroatoms. The van der Waals surface area contributed by atoms with E-state index in [4.69, 9.17) is 0 Å². The normalized spacial score (nSPS) is 19.6. The topological polar surface area (TPSA) is 32.3 Å². The van der Waals surface area contributed by atoms with Crippen LogP contribution in [0.2, 0.25) is 0 Å². The number of hydrogen-bond donors (Lipinski definition) is 2. The summed E-state index contributed by atoms with van der Waals surface area (Å²) in [4.78, 5) is 0. The van der Waals surface area contributed by atoms with Gasteiger partial charge in [-0.25, -0.2) is 0 Å². The Bertz CT molecular complexity index is 307. The van der Waals surface area contributed by atoms with E-state index in [2.05, 4.69) is 12.2 Å². The molecule has 2 rings (SSSR count). The maximum absolute atomic E-state index is 9.35. The number of rotatable bonds is 2. The molecule has 1 aliphatic heterocycles. The Morgan fingerprint density at radius 1 is 1.54 bits per heavy atom. The maximum atomic E-state index is 9.35. The van der Waals surface area contributed by atoms with Crippen LogP contribution in [-0.4, -0.2) is 11.7 Å². The number of phenols is 1. The molecule has 0 aliphatic carbocycles. The molecular formula is C11H15NO. The highest BCUT2D eigenvalue weighted by atomic mass is 16.3. The average molecular weight is 177 g/mol. The van der Waals surface area contributed by atoms with E-state index in [1.165, 1.54) is 24.1 Å². The van der Waals surface area contributed by atoms with Crippen LogP contribution >= 0.6 is 0 Å². The lowest BCUT2D eigenvalue weighted by molar-refractivity contribution is 0.474. The molecule has 1 aromatic rings. The summed E-state index contributed by atoms with van der Waals surface area (Å²) in [5.74, 6) is 0.968. The van der Waals surface area contributed by atoms with Gasteiger partial charge in [-0.1, -0.05) is 13.3 Å². The van der Waals surface area contributed by atoms with E-state index in [0.717, 1.165) is 6.54 Å². The average Bonchev–Trinajstić information content (AvgIpc) is 2.49. The number of anilines is 1. The van der Waals surface area contributed by atoms with Gasteiger partial charge in [-0.3, -0.25) is 0 Å². The van der Waals surface area contributed by atoms with Gasteiger partial charge in [-0.2, -0.15) is 0 Å². The Kier molecular flexibility index (Phi) is 2.13. The minimum absolute atomic E-state index is 0.378. The van der Waals surface area contributed by atoms with E-state index >= 15 is 0 Å². The van der Waals surface area contributed by atoms with Crippen LogP contribution in [0.15, 0.2) is 18.2 Å². The van der Waals surface area contributed by atoms with E-state index in [0.29, 0.717) is 11.7 Å². The summed E-state index contributed by atoms with van der Waals surface area (Å²) >= 11 is 0. The van der Waals surface area contributed by atoms with Gasteiger partial charge in [-0.15, -0.1) is 0 Å². The minimum Gasteiger partial charge on any atom is -0.508 e. The third-order valence-electron chi connectivity index (χ3n) is 2.65. The van der Waals surface area contributed by atoms with Crippen LogP contribution in [0.25, 0.3) is 0 Å². The van der Waals surface area contributed by atoms with Crippen molar-refractivity contribution in [2.75, 3.05) is 11.9 Å². The summed E-state index contributed by atoms with van der Waals surface area (Å²) in [6.45, 7) is 3.22. The predicted molar refractivity (Wildman–Crippen MR) is 54.2 cm³/mol. The maximum Gasteiger partial charge on any atom is 0.116 e. The van der Waals surface area contributed by atoms with Crippen molar-refractivity contribution in [3.63, 3.8) is 0 Å². The lowest BCUT2D eigenvalue weighted by atomic mass is 9.96. The highest BCUT2D eigenvalue weighted by Crippen LogP contribution is 2.36. The number of fused-ring (bicyclic) bond motifs is 1. The first-order valence-electron chi connectivity index (χ1n) is 4.88. The van der Waals surface area contributed by atoms with Gasteiger partial charge in [0.05, 0.1) is 0 Å². The second-order valence-corrected chi connectivity index (χ2v) is 3.64. The minimum atomic E-state index is 0.378. The molecule has 1 aliphatic rings. The highest BCUT2D eigenvalue weighted by Gasteiger charge is 2.21. The largest absolute Gasteiger partial charge is 0.508 e. The van der Waals surface area contributed by atoms with E-state index in [1.54, 1.807) is 6.07 Å². The van der Waals surface area contributed by atoms with Gasteiger partial charge in [0.25, 0.3) is 0 Å². The SMILES string of the molecule is CCC[C@@H]1CNc2ccc(O)cc21. The zero-order valence-electron chi connectivity index (χ0n) is 7.88. The summed E-state index contributed by atoms with van der Waals surface area (Å²) in [7, 11) is 0. The molecule has 0 radical (unpaired) electrons. The smallest absolute Gasteiger partial charge is 0.116 e. The Morgan fingerprint density at radius 2 is 2.38 bits per heavy atom. The third-order valence-corrected chi connectivity index (χ3v) is 2.65. The monoisotopic (exact) mass is 177 g/mol. The Labute approximate surface area is 78.6 Å². The molecule has 0 fully saturated rings. The molecule has 0 saturated heterocycles. The van der Waals surface area contributed by atoms with Gasteiger partial charge in [0.15, 0.2) is 0 Å². The molecule has 0 amide bonds. The standard InChI is InChI=1S/C11H15NO/c1-2-3-8-7-12-11-5-4-9(13)6-10(8)11/h4-6,8,12-13H,2-3,7H2,1H3/t8-/m1/s1. The van der Waals surface area contributed by atoms with E-state index in [9.17, 15) is 5.11 Å². The summed E-state index contributed by atoms with van der Waals surface area (Å²) < 4.78 is 0. The first-order chi connectivity index (χ1) is 6.31. The molecule has 0 bridgehead atoms. The Morgan fingerprint density at radius 3 is 3.15 bits per heavy atom. The molecule has 0 unspecified atom stereocenters. The van der Waals surface area contributed by atoms with Crippen molar-refractivity contribution in [2.24, 2.45) is 0 Å². The van der Waals surface area contributed by atoms with Crippen molar-refractivity contribution in [2.45, 2.75) is 25.7 Å². The molecule has 2 N–H and O–H groups in total. The molecule has 0 saturated carbocycles. The third kappa shape index (κ3) is 1.48. The van der Waals surface area contributed by atoms with Crippen LogP contribution in [0.5, 0.6) is 5.75 Å². The van der Waals surface area contributed by atoms with Crippen molar-refractivity contribution in [1.82, 2.24) is 0 Å². The van der Waals surface area contributed by atoms with Gasteiger partial charge in [0.2, 0.25) is 0 Å². The fraction of sp³-hybridized carbons (Fsp3) is 0.455. The van der Waals surface area contributed by atoms with E-state index in [-0.39, 0.29) is 0 Å². The van der Waals surface area contributed by atoms with Crippen molar-refractivity contribution >= 4 is 5.69 Å². The summed E-state index contributed by atoms with van der Waals surface area (Å²) in [6, 6.07) is 5.58. The Hall–Kier alpha value is -1.18. The molecule has 1 atom stereocenters. The van der Waals surface area contributed by atoms with E-state index < -0.39 is 0 Å². The molecule has 70 valence electrons. The van der Waals surface area contributed by atoms with Crippen LogP contribution in [0.4, 0.5) is 5.69 Å². The number of nitrogens with one attached hydrogen (secondary N) is 1. The van der Waals surface area contributed by atoms with Crippen LogP contribution in [-0.2, 0) is 0 Å². The molecule has 0 aromatic heterocycles. The van der Waals surface area contributed by atoms with Gasteiger partial charge in [0, 0.05) is 18.2 Å². The van der Waals surface area contributed by atoms with Crippen molar-refractivity contribution in [3.8, 4) is 5.75 Å². The fourth-order valence-electron chi connectivity index (χ4n) is 2.00. The quantitative estimate of drug-likeness (QED) is 0.681. The summed E-state index contributed by atoms with van der Waals surface area (Å²) in [5, 5.41) is 12.7. The lowest BCUT2D eigenvalue weighted by Gasteiger charge is -2.07. The second-order valence-electron chi connectivity index (χ2n) is 3.64. The molecule has 1 aromatic carbocycles. The van der Waals surface area contributed by atoms with Crippen molar-refractivity contribution in [3.05, 3.63) is 23.8 Å². The first-order valence-corrected chi connectivity index (χ1v) is 4.88. The zero-order chi connectivity index (χ0) is 9.26. The van der Waals surface area contributed by atoms with Crippen LogP contribution in [0, 0.1) is 0 Å². The molecule has 1 heterocycles. The van der Waals surface area contributed by atoms with Crippen LogP contribution < -0.4 is 5.32 Å². The van der Waals surface area contributed by atoms with Gasteiger partial charge in [0.1, 0.15) is 5.75 Å². The zero-order valence-corrected chi connectivity index (χ0v) is 7.88. The number of benzene rings is 1. The molecule has 2 nitrogen and oxygen atoms in total. The Balaban J connectivity index is 2.29. The molecular weight excluding hydrogens is 162 g/mol. The fourth-order valence-corrected chi connectivity index (χ4v) is 2.00. The van der Waals surface area contributed by atoms with Gasteiger partial charge >= 0.3 is 0 Å². The number of aromatic hydroxyl groups is 1. The number of hydrogen-bond acceptors (Lipinski definition) is 2. The summed E-state index contributed by atoms with van der Waals surface area (Å²) in [5.41, 5.74) is 2.47. The first kappa shape index (κ1) is 8.42. The summed E-state index contributed by atoms with van der Waals surface area (Å²) in [6.07, 6.45) is 2.39. The van der Waals surface area contributed by atoms with Gasteiger partial charge < -0.3 is 10.4 Å². The predicted octanol–water partition coefficient (Wildman–Crippen LogP) is 2.70. The van der Waals surface area contributed by atoms with E-state index in [1.807, 2.05) is 12.1 Å². The second kappa shape index (κ2) is 3.29. The highest BCUT2D eigenvalue weighted by molar-refractivity contribution is 5.59. The van der Waals surface area contributed by atoms with Crippen LogP contribution in [0.3, 0.4) is 0 Å². The molecule has 13 heavy (non-hydrogen) atoms. The lowest BCUT2D eigenvalue weighted by Crippen LogP contribution is -2.00. The van der Waals surface area contributed by atoms with Crippen molar-refractivity contribution in [1.29, 1.82) is 0 Å². The van der Waals surface area contributed by atoms with Crippen molar-refractivity contribution < 1.29 is 5.11 Å². The van der Waals surface area contributed by atoms with Crippen LogP contribution in [0.1, 0.15) is 31.2 Å². The van der Waals surface area contributed by atoms with Gasteiger partial charge in [-0.05, 0) is 30.2 Å². The molecule has 0 spiro atoms.